The number of rotatable bonds is 6. The molecule has 2 aliphatic rings. The lowest BCUT2D eigenvalue weighted by atomic mass is 9.97. The molecule has 1 amide bonds. The van der Waals surface area contributed by atoms with E-state index in [2.05, 4.69) is 5.32 Å². The van der Waals surface area contributed by atoms with Crippen LogP contribution < -0.4 is 14.8 Å². The van der Waals surface area contributed by atoms with Gasteiger partial charge in [0.25, 0.3) is 0 Å². The van der Waals surface area contributed by atoms with E-state index in [0.717, 1.165) is 11.1 Å². The summed E-state index contributed by atoms with van der Waals surface area (Å²) >= 11 is 1.34. The third-order valence-corrected chi connectivity index (χ3v) is 8.65. The average Bonchev–Trinajstić information content (AvgIpc) is 3.21. The summed E-state index contributed by atoms with van der Waals surface area (Å²) in [6.45, 7) is 1.94. The summed E-state index contributed by atoms with van der Waals surface area (Å²) in [7, 11) is -0.468. The molecule has 2 aromatic carbocycles. The van der Waals surface area contributed by atoms with Gasteiger partial charge in [-0.3, -0.25) is 14.2 Å². The largest absolute Gasteiger partial charge is 0.454 e. The zero-order valence-corrected chi connectivity index (χ0v) is 19.7. The van der Waals surface area contributed by atoms with Crippen molar-refractivity contribution >= 4 is 36.7 Å². The van der Waals surface area contributed by atoms with Crippen LogP contribution in [0.1, 0.15) is 28.4 Å². The third kappa shape index (κ3) is 4.71. The summed E-state index contributed by atoms with van der Waals surface area (Å²) in [5.74, 6) is 0.940. The van der Waals surface area contributed by atoms with E-state index in [1.54, 1.807) is 36.4 Å². The van der Waals surface area contributed by atoms with Crippen LogP contribution in [-0.4, -0.2) is 43.2 Å². The fourth-order valence-electron chi connectivity index (χ4n) is 3.66. The van der Waals surface area contributed by atoms with Gasteiger partial charge in [-0.15, -0.1) is 11.8 Å². The number of benzene rings is 2. The molecule has 0 saturated carbocycles. The van der Waals surface area contributed by atoms with Crippen LogP contribution in [0.3, 0.4) is 0 Å². The van der Waals surface area contributed by atoms with E-state index < -0.39 is 12.8 Å². The number of hydrogen-bond donors (Lipinski definition) is 1. The first-order valence-corrected chi connectivity index (χ1v) is 12.7. The molecule has 0 aliphatic carbocycles. The number of nitrogens with one attached hydrogen (secondary N) is 1. The van der Waals surface area contributed by atoms with Gasteiger partial charge in [-0.1, -0.05) is 12.1 Å². The molecule has 0 unspecified atom stereocenters. The first kappa shape index (κ1) is 22.9. The molecule has 0 radical (unpaired) electrons. The highest BCUT2D eigenvalue weighted by atomic mass is 32.2. The van der Waals surface area contributed by atoms with E-state index in [9.17, 15) is 14.2 Å². The molecule has 2 atom stereocenters. The quantitative estimate of drug-likeness (QED) is 0.616. The highest BCUT2D eigenvalue weighted by molar-refractivity contribution is 8.02. The fraction of sp³-hybridized carbons (Fsp3) is 0.364. The summed E-state index contributed by atoms with van der Waals surface area (Å²) in [5, 5.41) is 2.10. The van der Waals surface area contributed by atoms with Gasteiger partial charge in [0.1, 0.15) is 0 Å². The number of thioether (sulfide) groups is 1. The highest BCUT2D eigenvalue weighted by Crippen LogP contribution is 2.49. The topological polar surface area (TPSA) is 100 Å². The minimum Gasteiger partial charge on any atom is -0.454 e. The van der Waals surface area contributed by atoms with Crippen molar-refractivity contribution in [3.05, 3.63) is 53.1 Å². The highest BCUT2D eigenvalue weighted by Gasteiger charge is 2.34. The molecule has 4 rings (SSSR count). The Morgan fingerprint density at radius 1 is 1.16 bits per heavy atom. The van der Waals surface area contributed by atoms with Gasteiger partial charge in [-0.05, 0) is 48.7 Å². The number of Topliss-reactive ketones (excluding diaryl/α,β-unsaturated/α-hetero) is 1. The molecule has 1 N–H and O–H groups in total. The second kappa shape index (κ2) is 9.27. The van der Waals surface area contributed by atoms with Gasteiger partial charge < -0.3 is 23.8 Å². The van der Waals surface area contributed by atoms with Crippen molar-refractivity contribution in [2.24, 2.45) is 0 Å². The Balaban J connectivity index is 1.49. The van der Waals surface area contributed by atoms with Crippen LogP contribution in [0, 0.1) is 0 Å². The van der Waals surface area contributed by atoms with Crippen LogP contribution in [0.25, 0.3) is 0 Å². The predicted molar refractivity (Wildman–Crippen MR) is 122 cm³/mol. The number of hydrogen-bond acceptors (Lipinski definition) is 8. The molecule has 0 bridgehead atoms. The summed E-state index contributed by atoms with van der Waals surface area (Å²) in [5.41, 5.74) is 2.73. The van der Waals surface area contributed by atoms with Gasteiger partial charge in [0, 0.05) is 25.5 Å². The first-order valence-electron chi connectivity index (χ1n) is 10.0. The van der Waals surface area contributed by atoms with Crippen LogP contribution >= 0.6 is 19.4 Å². The van der Waals surface area contributed by atoms with Crippen molar-refractivity contribution in [2.75, 3.05) is 26.3 Å². The van der Waals surface area contributed by atoms with Crippen molar-refractivity contribution in [1.29, 1.82) is 0 Å². The zero-order chi connectivity index (χ0) is 22.9. The van der Waals surface area contributed by atoms with Gasteiger partial charge in [-0.2, -0.15) is 0 Å². The van der Waals surface area contributed by atoms with E-state index >= 15 is 0 Å². The van der Waals surface area contributed by atoms with Crippen molar-refractivity contribution in [1.82, 2.24) is 0 Å². The number of amides is 1. The Morgan fingerprint density at radius 3 is 2.47 bits per heavy atom. The van der Waals surface area contributed by atoms with Gasteiger partial charge in [-0.25, -0.2) is 0 Å². The lowest BCUT2D eigenvalue weighted by molar-refractivity contribution is -0.115. The number of carbonyl (C=O) groups excluding carboxylic acids is 2. The normalized spacial score (nSPS) is 19.9. The smallest absolute Gasteiger partial charge is 0.334 e. The average molecular weight is 477 g/mol. The lowest BCUT2D eigenvalue weighted by Crippen LogP contribution is -2.28. The van der Waals surface area contributed by atoms with Gasteiger partial charge in [0.05, 0.1) is 16.7 Å². The zero-order valence-electron chi connectivity index (χ0n) is 18.0. The van der Waals surface area contributed by atoms with Crippen LogP contribution in [0.2, 0.25) is 0 Å². The van der Waals surface area contributed by atoms with E-state index in [-0.39, 0.29) is 29.9 Å². The summed E-state index contributed by atoms with van der Waals surface area (Å²) < 4.78 is 33.1. The van der Waals surface area contributed by atoms with Crippen molar-refractivity contribution < 1.29 is 32.7 Å². The van der Waals surface area contributed by atoms with Gasteiger partial charge in [0.15, 0.2) is 17.3 Å². The number of carbonyl (C=O) groups is 2. The fourth-order valence-corrected chi connectivity index (χ4v) is 5.92. The van der Waals surface area contributed by atoms with E-state index in [1.807, 2.05) is 6.92 Å². The Hall–Kier alpha value is -2.32. The molecule has 0 spiro atoms. The first-order chi connectivity index (χ1) is 15.3. The van der Waals surface area contributed by atoms with Gasteiger partial charge >= 0.3 is 7.60 Å². The Morgan fingerprint density at radius 2 is 1.81 bits per heavy atom. The molecule has 0 saturated heterocycles. The Bertz CT molecular complexity index is 1080. The summed E-state index contributed by atoms with van der Waals surface area (Å²) in [6, 6.07) is 10.5. The Labute approximate surface area is 190 Å². The molecule has 170 valence electrons. The number of anilines is 1. The monoisotopic (exact) mass is 477 g/mol. The van der Waals surface area contributed by atoms with E-state index in [4.69, 9.17) is 18.5 Å². The lowest BCUT2D eigenvalue weighted by Gasteiger charge is -2.17. The summed E-state index contributed by atoms with van der Waals surface area (Å²) in [4.78, 5) is 25.9. The van der Waals surface area contributed by atoms with E-state index in [1.165, 1.54) is 26.0 Å². The predicted octanol–water partition coefficient (Wildman–Crippen LogP) is 4.27. The van der Waals surface area contributed by atoms with Gasteiger partial charge in [0.2, 0.25) is 12.7 Å². The SMILES string of the molecule is COP(=O)(Cc1ccc(NC(=O)[C@H]2Cc3cc4c(cc3C(=O)[C@H](C)S2)OCO4)cc1)OC. The molecule has 2 aliphatic heterocycles. The minimum absolute atomic E-state index is 0.0244. The second-order valence-electron chi connectivity index (χ2n) is 7.52. The van der Waals surface area contributed by atoms with Crippen molar-refractivity contribution in [2.45, 2.75) is 30.0 Å². The molecule has 10 heteroatoms. The molecular formula is C22H24NO7PS. The van der Waals surface area contributed by atoms with Crippen LogP contribution in [0.4, 0.5) is 5.69 Å². The maximum absolute atomic E-state index is 13.0. The maximum atomic E-state index is 13.0. The van der Waals surface area contributed by atoms with Crippen LogP contribution in [0.15, 0.2) is 36.4 Å². The number of ketones is 1. The van der Waals surface area contributed by atoms with E-state index in [0.29, 0.717) is 29.2 Å². The maximum Gasteiger partial charge on any atom is 0.334 e. The number of ether oxygens (including phenoxy) is 2. The standard InChI is InChI=1S/C22H24NO7PS/c1-13-21(24)17-10-19-18(29-12-30-19)8-15(17)9-20(32-13)22(25)23-16-6-4-14(5-7-16)11-31(26,27-2)28-3/h4-8,10,13,20H,9,11-12H2,1-3H3,(H,23,25)/t13-,20+/m0/s1. The Kier molecular flexibility index (Phi) is 6.62. The second-order valence-corrected chi connectivity index (χ2v) is 11.3. The molecule has 32 heavy (non-hydrogen) atoms. The molecule has 0 aromatic heterocycles. The van der Waals surface area contributed by atoms with Crippen molar-refractivity contribution in [3.63, 3.8) is 0 Å². The van der Waals surface area contributed by atoms with Crippen molar-refractivity contribution in [3.8, 4) is 11.5 Å². The third-order valence-electron chi connectivity index (χ3n) is 5.45. The summed E-state index contributed by atoms with van der Waals surface area (Å²) in [6.07, 6.45) is 0.542. The van der Waals surface area contributed by atoms with Crippen LogP contribution in [-0.2, 0) is 31.0 Å². The molecule has 2 heterocycles. The molecule has 8 nitrogen and oxygen atoms in total. The van der Waals surface area contributed by atoms with Crippen LogP contribution in [0.5, 0.6) is 11.5 Å². The minimum atomic E-state index is -3.16. The molecule has 0 fully saturated rings. The molecule has 2 aromatic rings. The number of fused-ring (bicyclic) bond motifs is 2. The molecular weight excluding hydrogens is 453 g/mol.